The highest BCUT2D eigenvalue weighted by atomic mass is 15.5. The second kappa shape index (κ2) is 12.7. The van der Waals surface area contributed by atoms with Crippen LogP contribution in [0.15, 0.2) is 0 Å². The molecule has 29 heavy (non-hydrogen) atoms. The molecule has 0 spiro atoms. The van der Waals surface area contributed by atoms with E-state index in [1.165, 1.54) is 11.4 Å². The van der Waals surface area contributed by atoms with Crippen LogP contribution >= 0.6 is 0 Å². The van der Waals surface area contributed by atoms with Crippen molar-refractivity contribution in [2.75, 3.05) is 0 Å². The standard InChI is InChI=1S/2C7H13N3.C5H10N4/c2*1-4-7-6(3)10(5-2)9-8-7;1-3-5-6-7-8-9(5)4-2/h2*4-5H2,1-3H3;3-4H2,1-2H3. The number of hydrogen-bond acceptors (Lipinski definition) is 7. The van der Waals surface area contributed by atoms with E-state index in [0.29, 0.717) is 0 Å². The van der Waals surface area contributed by atoms with Crippen LogP contribution in [0.5, 0.6) is 0 Å². The van der Waals surface area contributed by atoms with E-state index in [9.17, 15) is 0 Å². The third kappa shape index (κ3) is 6.72. The summed E-state index contributed by atoms with van der Waals surface area (Å²) in [5.41, 5.74) is 4.62. The van der Waals surface area contributed by atoms with Gasteiger partial charge in [0.1, 0.15) is 0 Å². The molecule has 0 saturated carbocycles. The summed E-state index contributed by atoms with van der Waals surface area (Å²) in [5, 5.41) is 27.1. The lowest BCUT2D eigenvalue weighted by Crippen LogP contribution is -2.01. The summed E-state index contributed by atoms with van der Waals surface area (Å²) in [6, 6.07) is 0. The molecule has 0 aliphatic rings. The van der Waals surface area contributed by atoms with E-state index in [0.717, 1.165) is 56.1 Å². The van der Waals surface area contributed by atoms with E-state index in [2.05, 4.69) is 77.7 Å². The van der Waals surface area contributed by atoms with Gasteiger partial charge in [0.2, 0.25) is 0 Å². The van der Waals surface area contributed by atoms with Gasteiger partial charge in [-0.15, -0.1) is 15.3 Å². The van der Waals surface area contributed by atoms with E-state index >= 15 is 0 Å². The van der Waals surface area contributed by atoms with Gasteiger partial charge in [-0.2, -0.15) is 0 Å². The van der Waals surface area contributed by atoms with Crippen LogP contribution in [-0.4, -0.2) is 50.2 Å². The number of tetrazole rings is 1. The Morgan fingerprint density at radius 3 is 1.24 bits per heavy atom. The molecule has 0 saturated heterocycles. The first kappa shape index (κ1) is 24.4. The molecular formula is C19H36N10. The Labute approximate surface area is 173 Å². The van der Waals surface area contributed by atoms with Crippen LogP contribution in [0.25, 0.3) is 0 Å². The molecule has 3 aromatic rings. The summed E-state index contributed by atoms with van der Waals surface area (Å²) in [5.74, 6) is 0.956. The molecule has 162 valence electrons. The zero-order valence-corrected chi connectivity index (χ0v) is 19.2. The number of aryl methyl sites for hydroxylation is 6. The summed E-state index contributed by atoms with van der Waals surface area (Å²) in [4.78, 5) is 0. The smallest absolute Gasteiger partial charge is 0.150 e. The fourth-order valence-electron chi connectivity index (χ4n) is 2.77. The second-order valence-corrected chi connectivity index (χ2v) is 6.35. The molecule has 0 unspecified atom stereocenters. The Hall–Kier alpha value is -2.65. The highest BCUT2D eigenvalue weighted by Gasteiger charge is 2.03. The predicted molar refractivity (Wildman–Crippen MR) is 112 cm³/mol. The molecule has 3 heterocycles. The molecule has 0 radical (unpaired) electrons. The lowest BCUT2D eigenvalue weighted by Gasteiger charge is -1.95. The molecule has 3 aromatic heterocycles. The lowest BCUT2D eigenvalue weighted by atomic mass is 10.3. The molecular weight excluding hydrogens is 368 g/mol. The van der Waals surface area contributed by atoms with Gasteiger partial charge in [-0.3, -0.25) is 0 Å². The fourth-order valence-corrected chi connectivity index (χ4v) is 2.77. The van der Waals surface area contributed by atoms with Crippen LogP contribution in [0.1, 0.15) is 70.1 Å². The van der Waals surface area contributed by atoms with Gasteiger partial charge in [0.05, 0.1) is 22.8 Å². The normalized spacial score (nSPS) is 10.2. The van der Waals surface area contributed by atoms with Gasteiger partial charge in [-0.25, -0.2) is 14.0 Å². The Morgan fingerprint density at radius 1 is 0.552 bits per heavy atom. The first-order valence-corrected chi connectivity index (χ1v) is 10.5. The van der Waals surface area contributed by atoms with Crippen molar-refractivity contribution in [3.63, 3.8) is 0 Å². The van der Waals surface area contributed by atoms with Crippen molar-refractivity contribution in [2.45, 2.75) is 94.3 Å². The monoisotopic (exact) mass is 404 g/mol. The van der Waals surface area contributed by atoms with E-state index in [-0.39, 0.29) is 0 Å². The molecule has 0 aliphatic carbocycles. The average Bonchev–Trinajstić information content (AvgIpc) is 3.46. The minimum Gasteiger partial charge on any atom is -0.250 e. The fraction of sp³-hybridized carbons (Fsp3) is 0.737. The highest BCUT2D eigenvalue weighted by molar-refractivity contribution is 5.07. The molecule has 0 amide bonds. The summed E-state index contributed by atoms with van der Waals surface area (Å²) >= 11 is 0. The van der Waals surface area contributed by atoms with Crippen molar-refractivity contribution in [1.82, 2.24) is 50.2 Å². The van der Waals surface area contributed by atoms with Crippen molar-refractivity contribution in [2.24, 2.45) is 0 Å². The Morgan fingerprint density at radius 2 is 1.00 bits per heavy atom. The quantitative estimate of drug-likeness (QED) is 0.622. The predicted octanol–water partition coefficient (Wildman–Crippen LogP) is 2.59. The van der Waals surface area contributed by atoms with Crippen molar-refractivity contribution in [3.05, 3.63) is 28.6 Å². The molecule has 0 N–H and O–H groups in total. The van der Waals surface area contributed by atoms with Gasteiger partial charge in [0.15, 0.2) is 5.82 Å². The average molecular weight is 405 g/mol. The lowest BCUT2D eigenvalue weighted by molar-refractivity contribution is 0.600. The molecule has 0 bridgehead atoms. The van der Waals surface area contributed by atoms with E-state index < -0.39 is 0 Å². The van der Waals surface area contributed by atoms with Crippen LogP contribution in [-0.2, 0) is 38.9 Å². The Kier molecular flexibility index (Phi) is 10.7. The van der Waals surface area contributed by atoms with Gasteiger partial charge < -0.3 is 0 Å². The summed E-state index contributed by atoms with van der Waals surface area (Å²) < 4.78 is 5.62. The van der Waals surface area contributed by atoms with Crippen molar-refractivity contribution in [1.29, 1.82) is 0 Å². The zero-order valence-electron chi connectivity index (χ0n) is 19.2. The third-order valence-corrected chi connectivity index (χ3v) is 4.65. The largest absolute Gasteiger partial charge is 0.250 e. The maximum atomic E-state index is 4.02. The van der Waals surface area contributed by atoms with E-state index in [1.54, 1.807) is 4.68 Å². The maximum Gasteiger partial charge on any atom is 0.150 e. The van der Waals surface area contributed by atoms with Crippen LogP contribution < -0.4 is 0 Å². The summed E-state index contributed by atoms with van der Waals surface area (Å²) in [7, 11) is 0. The first-order chi connectivity index (χ1) is 14.0. The van der Waals surface area contributed by atoms with Gasteiger partial charge in [-0.1, -0.05) is 31.2 Å². The summed E-state index contributed by atoms with van der Waals surface area (Å²) in [6.45, 7) is 19.2. The summed E-state index contributed by atoms with van der Waals surface area (Å²) in [6.07, 6.45) is 2.86. The van der Waals surface area contributed by atoms with Gasteiger partial charge >= 0.3 is 0 Å². The van der Waals surface area contributed by atoms with Crippen LogP contribution in [0.4, 0.5) is 0 Å². The van der Waals surface area contributed by atoms with Crippen LogP contribution in [0, 0.1) is 13.8 Å². The van der Waals surface area contributed by atoms with E-state index in [4.69, 9.17) is 0 Å². The van der Waals surface area contributed by atoms with Gasteiger partial charge in [0.25, 0.3) is 0 Å². The van der Waals surface area contributed by atoms with Crippen molar-refractivity contribution < 1.29 is 0 Å². The Balaban J connectivity index is 0.000000218. The van der Waals surface area contributed by atoms with Gasteiger partial charge in [-0.05, 0) is 57.9 Å². The van der Waals surface area contributed by atoms with Crippen LogP contribution in [0.3, 0.4) is 0 Å². The number of hydrogen-bond donors (Lipinski definition) is 0. The molecule has 0 aliphatic heterocycles. The molecule has 3 rings (SSSR count). The number of aromatic nitrogens is 10. The Bertz CT molecular complexity index is 720. The zero-order chi connectivity index (χ0) is 21.8. The second-order valence-electron chi connectivity index (χ2n) is 6.35. The molecule has 10 heteroatoms. The molecule has 0 atom stereocenters. The third-order valence-electron chi connectivity index (χ3n) is 4.65. The molecule has 0 aromatic carbocycles. The minimum absolute atomic E-state index is 0.857. The van der Waals surface area contributed by atoms with E-state index in [1.807, 2.05) is 23.2 Å². The highest BCUT2D eigenvalue weighted by Crippen LogP contribution is 2.03. The van der Waals surface area contributed by atoms with Gasteiger partial charge in [0, 0.05) is 26.1 Å². The molecule has 10 nitrogen and oxygen atoms in total. The number of rotatable bonds is 6. The molecule has 0 fully saturated rings. The topological polar surface area (TPSA) is 105 Å². The maximum absolute atomic E-state index is 4.02. The first-order valence-electron chi connectivity index (χ1n) is 10.5. The van der Waals surface area contributed by atoms with Crippen molar-refractivity contribution in [3.8, 4) is 0 Å². The van der Waals surface area contributed by atoms with Crippen molar-refractivity contribution >= 4 is 0 Å². The SMILES string of the molecule is CCc1nnn(CC)c1C.CCc1nnn(CC)c1C.CCc1nnnn1CC. The van der Waals surface area contributed by atoms with Crippen LogP contribution in [0.2, 0.25) is 0 Å². The number of nitrogens with zero attached hydrogens (tertiary/aromatic N) is 10. The minimum atomic E-state index is 0.857.